The smallest absolute Gasteiger partial charge is 0.407 e. The topological polar surface area (TPSA) is 101 Å². The maximum atomic E-state index is 15.5. The maximum Gasteiger partial charge on any atom is 0.407 e. The SMILES string of the molecule is Cc1c(N2CC[C@H](NC(=O)OC(C)(C)C)C2)c(F)c(Cl)c2c(=O)c(C(=O)O)cn(C3CC3)c12. The molecule has 8 nitrogen and oxygen atoms in total. The number of carbonyl (C=O) groups is 2. The third kappa shape index (κ3) is 4.38. The van der Waals surface area contributed by atoms with Gasteiger partial charge in [0.1, 0.15) is 11.2 Å². The second-order valence-corrected chi connectivity index (χ2v) is 10.1. The van der Waals surface area contributed by atoms with E-state index in [2.05, 4.69) is 5.32 Å². The third-order valence-corrected chi connectivity index (χ3v) is 6.32. The van der Waals surface area contributed by atoms with Gasteiger partial charge in [-0.15, -0.1) is 0 Å². The van der Waals surface area contributed by atoms with Gasteiger partial charge in [0.2, 0.25) is 5.43 Å². The molecule has 10 heteroatoms. The fraction of sp³-hybridized carbons (Fsp3) is 0.522. The summed E-state index contributed by atoms with van der Waals surface area (Å²) < 4.78 is 22.6. The molecule has 2 heterocycles. The highest BCUT2D eigenvalue weighted by Crippen LogP contribution is 2.43. The van der Waals surface area contributed by atoms with E-state index in [1.165, 1.54) is 6.20 Å². The number of aromatic carboxylic acids is 1. The first-order valence-electron chi connectivity index (χ1n) is 10.9. The van der Waals surface area contributed by atoms with Crippen LogP contribution in [0.5, 0.6) is 0 Å². The summed E-state index contributed by atoms with van der Waals surface area (Å²) in [6.45, 7) is 7.86. The van der Waals surface area contributed by atoms with Gasteiger partial charge in [-0.1, -0.05) is 11.6 Å². The Morgan fingerprint density at radius 3 is 2.52 bits per heavy atom. The quantitative estimate of drug-likeness (QED) is 0.680. The van der Waals surface area contributed by atoms with Crippen molar-refractivity contribution in [3.63, 3.8) is 0 Å². The average molecular weight is 480 g/mol. The van der Waals surface area contributed by atoms with Gasteiger partial charge in [0.05, 0.1) is 27.7 Å². The van der Waals surface area contributed by atoms with E-state index in [4.69, 9.17) is 16.3 Å². The number of anilines is 1. The highest BCUT2D eigenvalue weighted by molar-refractivity contribution is 6.36. The van der Waals surface area contributed by atoms with Crippen molar-refractivity contribution in [1.29, 1.82) is 0 Å². The van der Waals surface area contributed by atoms with Gasteiger partial charge < -0.3 is 24.6 Å². The molecule has 2 N–H and O–H groups in total. The second kappa shape index (κ2) is 8.20. The van der Waals surface area contributed by atoms with E-state index in [1.807, 2.05) is 0 Å². The van der Waals surface area contributed by atoms with Crippen LogP contribution in [0.3, 0.4) is 0 Å². The molecule has 0 radical (unpaired) electrons. The fourth-order valence-corrected chi connectivity index (χ4v) is 4.70. The predicted molar refractivity (Wildman–Crippen MR) is 123 cm³/mol. The zero-order valence-corrected chi connectivity index (χ0v) is 19.8. The van der Waals surface area contributed by atoms with Crippen molar-refractivity contribution in [2.75, 3.05) is 18.0 Å². The van der Waals surface area contributed by atoms with Crippen molar-refractivity contribution in [1.82, 2.24) is 9.88 Å². The lowest BCUT2D eigenvalue weighted by molar-refractivity contribution is 0.0508. The Labute approximate surface area is 195 Å². The lowest BCUT2D eigenvalue weighted by atomic mass is 10.0. The highest BCUT2D eigenvalue weighted by Gasteiger charge is 2.34. The summed E-state index contributed by atoms with van der Waals surface area (Å²) in [5.41, 5.74) is -0.608. The average Bonchev–Trinajstić information content (AvgIpc) is 3.44. The van der Waals surface area contributed by atoms with Crippen LogP contribution in [-0.4, -0.2) is 46.5 Å². The molecule has 2 fully saturated rings. The summed E-state index contributed by atoms with van der Waals surface area (Å²) in [6, 6.07) is -0.201. The van der Waals surface area contributed by atoms with Gasteiger partial charge >= 0.3 is 12.1 Å². The van der Waals surface area contributed by atoms with Crippen molar-refractivity contribution < 1.29 is 23.8 Å². The molecule has 0 spiro atoms. The minimum absolute atomic E-state index is 0.0411. The molecule has 0 bridgehead atoms. The number of carbonyl (C=O) groups excluding carboxylic acids is 1. The van der Waals surface area contributed by atoms with Gasteiger partial charge in [-0.05, 0) is 52.5 Å². The van der Waals surface area contributed by atoms with Gasteiger partial charge in [0.15, 0.2) is 5.82 Å². The van der Waals surface area contributed by atoms with E-state index in [-0.39, 0.29) is 28.2 Å². The van der Waals surface area contributed by atoms with Gasteiger partial charge in [-0.2, -0.15) is 0 Å². The number of hydrogen-bond donors (Lipinski definition) is 2. The number of fused-ring (bicyclic) bond motifs is 1. The first-order valence-corrected chi connectivity index (χ1v) is 11.3. The van der Waals surface area contributed by atoms with Gasteiger partial charge in [0.25, 0.3) is 0 Å². The highest BCUT2D eigenvalue weighted by atomic mass is 35.5. The van der Waals surface area contributed by atoms with Crippen LogP contribution in [-0.2, 0) is 4.74 Å². The van der Waals surface area contributed by atoms with Crippen molar-refractivity contribution in [3.8, 4) is 0 Å². The number of aromatic nitrogens is 1. The Morgan fingerprint density at radius 2 is 1.94 bits per heavy atom. The molecule has 1 atom stereocenters. The van der Waals surface area contributed by atoms with Crippen LogP contribution in [0.4, 0.5) is 14.9 Å². The number of pyridine rings is 1. The fourth-order valence-electron chi connectivity index (χ4n) is 4.43. The Morgan fingerprint density at radius 1 is 1.27 bits per heavy atom. The maximum absolute atomic E-state index is 15.5. The van der Waals surface area contributed by atoms with Crippen LogP contribution < -0.4 is 15.6 Å². The van der Waals surface area contributed by atoms with Gasteiger partial charge in [-0.25, -0.2) is 14.0 Å². The van der Waals surface area contributed by atoms with E-state index < -0.39 is 34.5 Å². The Bertz CT molecular complexity index is 1220. The van der Waals surface area contributed by atoms with Crippen LogP contribution in [0, 0.1) is 12.7 Å². The number of ether oxygens (including phenoxy) is 1. The molecule has 0 unspecified atom stereocenters. The first-order chi connectivity index (χ1) is 15.4. The van der Waals surface area contributed by atoms with Crippen molar-refractivity contribution in [2.45, 2.75) is 64.6 Å². The Hall–Kier alpha value is -2.81. The number of hydrogen-bond acceptors (Lipinski definition) is 5. The minimum atomic E-state index is -1.37. The molecule has 33 heavy (non-hydrogen) atoms. The number of carboxylic acids is 1. The summed E-state index contributed by atoms with van der Waals surface area (Å²) in [7, 11) is 0. The lowest BCUT2D eigenvalue weighted by Crippen LogP contribution is -2.40. The Kier molecular flexibility index (Phi) is 5.80. The van der Waals surface area contributed by atoms with Crippen LogP contribution in [0.1, 0.15) is 62.0 Å². The number of nitrogens with zero attached hydrogens (tertiary/aromatic N) is 2. The van der Waals surface area contributed by atoms with Gasteiger partial charge in [0, 0.05) is 25.3 Å². The van der Waals surface area contributed by atoms with E-state index in [0.717, 1.165) is 12.8 Å². The molecule has 1 saturated carbocycles. The van der Waals surface area contributed by atoms with Crippen LogP contribution in [0.25, 0.3) is 10.9 Å². The van der Waals surface area contributed by atoms with E-state index >= 15 is 4.39 Å². The largest absolute Gasteiger partial charge is 0.477 e. The molecule has 1 aliphatic heterocycles. The minimum Gasteiger partial charge on any atom is -0.477 e. The van der Waals surface area contributed by atoms with Crippen LogP contribution >= 0.6 is 11.6 Å². The molecule has 1 aromatic heterocycles. The van der Waals surface area contributed by atoms with Crippen LogP contribution in [0.2, 0.25) is 5.02 Å². The number of benzene rings is 1. The van der Waals surface area contributed by atoms with E-state index in [9.17, 15) is 19.5 Å². The normalized spacial score (nSPS) is 18.6. The summed E-state index contributed by atoms with van der Waals surface area (Å²) >= 11 is 6.36. The summed E-state index contributed by atoms with van der Waals surface area (Å²) in [6.07, 6.45) is 3.07. The summed E-state index contributed by atoms with van der Waals surface area (Å²) in [5, 5.41) is 11.8. The number of halogens is 2. The molecular formula is C23H27ClFN3O5. The molecular weight excluding hydrogens is 453 g/mol. The number of rotatable bonds is 4. The van der Waals surface area contributed by atoms with E-state index in [0.29, 0.717) is 30.6 Å². The lowest BCUT2D eigenvalue weighted by Gasteiger charge is -2.26. The molecule has 2 aromatic rings. The standard InChI is InChI=1S/C23H27ClFN3O5/c1-11-18-15(20(29)14(21(30)31)10-28(18)13-5-6-13)16(24)17(25)19(11)27-8-7-12(9-27)26-22(32)33-23(2,3)4/h10,12-13H,5-9H2,1-4H3,(H,26,32)(H,30,31)/t12-/m0/s1. The molecule has 4 rings (SSSR count). The van der Waals surface area contributed by atoms with Crippen molar-refractivity contribution >= 4 is 40.3 Å². The third-order valence-electron chi connectivity index (χ3n) is 5.96. The molecule has 2 aliphatic rings. The molecule has 1 saturated heterocycles. The Balaban J connectivity index is 1.75. The first kappa shape index (κ1) is 23.4. The number of alkyl carbamates (subject to hydrolysis) is 1. The van der Waals surface area contributed by atoms with Gasteiger partial charge in [-0.3, -0.25) is 4.79 Å². The van der Waals surface area contributed by atoms with Crippen LogP contribution in [0.15, 0.2) is 11.0 Å². The zero-order chi connectivity index (χ0) is 24.2. The molecule has 1 aliphatic carbocycles. The number of amides is 1. The molecule has 1 aromatic carbocycles. The monoisotopic (exact) mass is 479 g/mol. The van der Waals surface area contributed by atoms with Crippen molar-refractivity contribution in [3.05, 3.63) is 38.4 Å². The number of nitrogens with one attached hydrogen (secondary N) is 1. The summed E-state index contributed by atoms with van der Waals surface area (Å²) in [4.78, 5) is 38.5. The van der Waals surface area contributed by atoms with Crippen molar-refractivity contribution in [2.24, 2.45) is 0 Å². The molecule has 178 valence electrons. The zero-order valence-electron chi connectivity index (χ0n) is 19.0. The van der Waals surface area contributed by atoms with E-state index in [1.54, 1.807) is 37.2 Å². The predicted octanol–water partition coefficient (Wildman–Crippen LogP) is 4.24. The second-order valence-electron chi connectivity index (χ2n) is 9.72. The summed E-state index contributed by atoms with van der Waals surface area (Å²) in [5.74, 6) is -2.13. The molecule has 1 amide bonds. The number of carboxylic acid groups (broad SMARTS) is 1. The number of aryl methyl sites for hydroxylation is 1.